The molecule has 1 aromatic carbocycles. The summed E-state index contributed by atoms with van der Waals surface area (Å²) >= 11 is 0. The third-order valence-electron chi connectivity index (χ3n) is 3.35. The molecule has 94 valence electrons. The van der Waals surface area contributed by atoms with Crippen LogP contribution < -0.4 is 4.74 Å². The molecule has 0 aromatic heterocycles. The van der Waals surface area contributed by atoms with Gasteiger partial charge in [0.05, 0.1) is 13.2 Å². The van der Waals surface area contributed by atoms with Gasteiger partial charge in [-0.1, -0.05) is 0 Å². The lowest BCUT2D eigenvalue weighted by atomic mass is 9.88. The van der Waals surface area contributed by atoms with Gasteiger partial charge in [-0.25, -0.2) is 4.39 Å². The van der Waals surface area contributed by atoms with Gasteiger partial charge in [0.25, 0.3) is 0 Å². The molecule has 17 heavy (non-hydrogen) atoms. The van der Waals surface area contributed by atoms with E-state index in [0.29, 0.717) is 12.0 Å². The van der Waals surface area contributed by atoms with Gasteiger partial charge in [0.15, 0.2) is 0 Å². The molecular weight excluding hydrogens is 219 g/mol. The van der Waals surface area contributed by atoms with Gasteiger partial charge < -0.3 is 9.84 Å². The molecule has 0 fully saturated rings. The lowest BCUT2D eigenvalue weighted by Gasteiger charge is -2.21. The molecule has 0 bridgehead atoms. The second kappa shape index (κ2) is 5.05. The first-order valence-corrected chi connectivity index (χ1v) is 6.18. The highest BCUT2D eigenvalue weighted by Gasteiger charge is 2.21. The Balaban J connectivity index is 2.48. The summed E-state index contributed by atoms with van der Waals surface area (Å²) in [7, 11) is 1.62. The molecule has 0 heterocycles. The van der Waals surface area contributed by atoms with E-state index in [1.165, 1.54) is 0 Å². The highest BCUT2D eigenvalue weighted by molar-refractivity contribution is 5.46. The van der Waals surface area contributed by atoms with E-state index in [9.17, 15) is 9.50 Å². The van der Waals surface area contributed by atoms with Crippen molar-refractivity contribution in [2.75, 3.05) is 7.11 Å². The molecule has 1 aliphatic carbocycles. The maximum atomic E-state index is 14.3. The number of rotatable bonds is 3. The Morgan fingerprint density at radius 2 is 2.00 bits per heavy atom. The normalized spacial score (nSPS) is 16.5. The van der Waals surface area contributed by atoms with Crippen LogP contribution in [0.15, 0.2) is 6.07 Å². The van der Waals surface area contributed by atoms with Crippen LogP contribution in [0, 0.1) is 5.82 Å². The fraction of sp³-hybridized carbons (Fsp3) is 0.571. The van der Waals surface area contributed by atoms with E-state index in [1.54, 1.807) is 20.1 Å². The zero-order valence-electron chi connectivity index (χ0n) is 10.4. The Morgan fingerprint density at radius 3 is 2.59 bits per heavy atom. The molecule has 0 aliphatic heterocycles. The largest absolute Gasteiger partial charge is 0.496 e. The van der Waals surface area contributed by atoms with Crippen LogP contribution in [0.4, 0.5) is 4.39 Å². The number of benzene rings is 1. The van der Waals surface area contributed by atoms with Crippen molar-refractivity contribution in [3.8, 4) is 5.75 Å². The number of hydrogen-bond donors (Lipinski definition) is 1. The average Bonchev–Trinajstić information content (AvgIpc) is 2.32. The van der Waals surface area contributed by atoms with Crippen LogP contribution in [0.3, 0.4) is 0 Å². The number of aliphatic hydroxyl groups excluding tert-OH is 1. The minimum absolute atomic E-state index is 0.138. The second-order valence-electron chi connectivity index (χ2n) is 4.77. The van der Waals surface area contributed by atoms with Gasteiger partial charge in [-0.2, -0.15) is 0 Å². The zero-order valence-corrected chi connectivity index (χ0v) is 10.4. The number of fused-ring (bicyclic) bond motifs is 1. The molecule has 0 amide bonds. The average molecular weight is 238 g/mol. The van der Waals surface area contributed by atoms with E-state index < -0.39 is 6.10 Å². The maximum Gasteiger partial charge on any atom is 0.130 e. The molecule has 3 heteroatoms. The first kappa shape index (κ1) is 12.4. The van der Waals surface area contributed by atoms with E-state index in [-0.39, 0.29) is 5.82 Å². The summed E-state index contributed by atoms with van der Waals surface area (Å²) in [4.78, 5) is 0. The fourth-order valence-corrected chi connectivity index (χ4v) is 2.57. The molecule has 1 atom stereocenters. The van der Waals surface area contributed by atoms with Gasteiger partial charge in [0, 0.05) is 12.0 Å². The molecule has 2 rings (SSSR count). The third-order valence-corrected chi connectivity index (χ3v) is 3.35. The third kappa shape index (κ3) is 2.44. The molecule has 0 saturated heterocycles. The highest BCUT2D eigenvalue weighted by Crippen LogP contribution is 2.34. The monoisotopic (exact) mass is 238 g/mol. The van der Waals surface area contributed by atoms with Gasteiger partial charge in [0.1, 0.15) is 11.6 Å². The molecule has 2 nitrogen and oxygen atoms in total. The molecule has 1 aromatic rings. The fourth-order valence-electron chi connectivity index (χ4n) is 2.57. The molecule has 1 unspecified atom stereocenters. The predicted octanol–water partition coefficient (Wildman–Crippen LogP) is 2.64. The predicted molar refractivity (Wildman–Crippen MR) is 65.0 cm³/mol. The van der Waals surface area contributed by atoms with Crippen LogP contribution in [0.25, 0.3) is 0 Å². The van der Waals surface area contributed by atoms with E-state index in [0.717, 1.165) is 42.6 Å². The van der Waals surface area contributed by atoms with Gasteiger partial charge in [-0.3, -0.25) is 0 Å². The van der Waals surface area contributed by atoms with Crippen molar-refractivity contribution in [2.45, 2.75) is 45.1 Å². The number of hydrogen-bond acceptors (Lipinski definition) is 2. The first-order chi connectivity index (χ1) is 8.13. The van der Waals surface area contributed by atoms with Gasteiger partial charge in [0.2, 0.25) is 0 Å². The Labute approximate surface area is 101 Å². The van der Waals surface area contributed by atoms with Crippen molar-refractivity contribution in [3.63, 3.8) is 0 Å². The Morgan fingerprint density at radius 1 is 1.35 bits per heavy atom. The molecular formula is C14H19FO2. The van der Waals surface area contributed by atoms with E-state index in [1.807, 2.05) is 0 Å². The summed E-state index contributed by atoms with van der Waals surface area (Å²) in [6, 6.07) is 1.74. The first-order valence-electron chi connectivity index (χ1n) is 6.18. The minimum atomic E-state index is -0.532. The van der Waals surface area contributed by atoms with Crippen LogP contribution in [-0.2, 0) is 19.3 Å². The van der Waals surface area contributed by atoms with E-state index >= 15 is 0 Å². The molecule has 0 radical (unpaired) electrons. The number of ether oxygens (including phenoxy) is 1. The van der Waals surface area contributed by atoms with Crippen LogP contribution >= 0.6 is 0 Å². The summed E-state index contributed by atoms with van der Waals surface area (Å²) in [5.74, 6) is 0.637. The molecule has 1 N–H and O–H groups in total. The van der Waals surface area contributed by atoms with Crippen LogP contribution in [0.1, 0.15) is 36.5 Å². The molecule has 0 saturated carbocycles. The van der Waals surface area contributed by atoms with E-state index in [4.69, 9.17) is 4.74 Å². The second-order valence-corrected chi connectivity index (χ2v) is 4.77. The zero-order chi connectivity index (χ0) is 12.4. The lowest BCUT2D eigenvalue weighted by molar-refractivity contribution is 0.194. The van der Waals surface area contributed by atoms with Crippen molar-refractivity contribution in [1.82, 2.24) is 0 Å². The summed E-state index contributed by atoms with van der Waals surface area (Å²) in [5.41, 5.74) is 2.38. The van der Waals surface area contributed by atoms with Crippen molar-refractivity contribution in [2.24, 2.45) is 0 Å². The smallest absolute Gasteiger partial charge is 0.130 e. The van der Waals surface area contributed by atoms with Crippen LogP contribution in [0.2, 0.25) is 0 Å². The minimum Gasteiger partial charge on any atom is -0.496 e. The van der Waals surface area contributed by atoms with Crippen LogP contribution in [-0.4, -0.2) is 18.3 Å². The SMILES string of the molecule is COc1cc(CC(C)O)c(F)c2c1CCCC2. The molecule has 1 aliphatic rings. The molecule has 0 spiro atoms. The van der Waals surface area contributed by atoms with E-state index in [2.05, 4.69) is 0 Å². The van der Waals surface area contributed by atoms with Crippen molar-refractivity contribution >= 4 is 0 Å². The van der Waals surface area contributed by atoms with Gasteiger partial charge in [-0.15, -0.1) is 0 Å². The number of methoxy groups -OCH3 is 1. The summed E-state index contributed by atoms with van der Waals surface area (Å²) in [5, 5.41) is 9.39. The quantitative estimate of drug-likeness (QED) is 0.877. The lowest BCUT2D eigenvalue weighted by Crippen LogP contribution is -2.13. The van der Waals surface area contributed by atoms with Crippen molar-refractivity contribution in [3.05, 3.63) is 28.6 Å². The Kier molecular flexibility index (Phi) is 3.67. The summed E-state index contributed by atoms with van der Waals surface area (Å²) in [6.45, 7) is 1.67. The number of halogens is 1. The Bertz CT molecular complexity index is 413. The van der Waals surface area contributed by atoms with Gasteiger partial charge in [-0.05, 0) is 49.8 Å². The summed E-state index contributed by atoms with van der Waals surface area (Å²) in [6.07, 6.45) is 3.62. The van der Waals surface area contributed by atoms with Crippen molar-refractivity contribution in [1.29, 1.82) is 0 Å². The van der Waals surface area contributed by atoms with Crippen LogP contribution in [0.5, 0.6) is 5.75 Å². The van der Waals surface area contributed by atoms with Gasteiger partial charge >= 0.3 is 0 Å². The highest BCUT2D eigenvalue weighted by atomic mass is 19.1. The Hall–Kier alpha value is -1.09. The number of aliphatic hydroxyl groups is 1. The topological polar surface area (TPSA) is 29.5 Å². The summed E-state index contributed by atoms with van der Waals surface area (Å²) < 4.78 is 19.6. The maximum absolute atomic E-state index is 14.3. The van der Waals surface area contributed by atoms with Crippen molar-refractivity contribution < 1.29 is 14.2 Å². The standard InChI is InChI=1S/C14H19FO2/c1-9(16)7-10-8-13(17-2)11-5-3-4-6-12(11)14(10)15/h8-9,16H,3-7H2,1-2H3.